The predicted octanol–water partition coefficient (Wildman–Crippen LogP) is 1.81. The first-order valence-electron chi connectivity index (χ1n) is 4.83. The third kappa shape index (κ3) is 2.61. The minimum Gasteiger partial charge on any atom is -0.396 e. The smallest absolute Gasteiger partial charge is 0.135 e. The van der Waals surface area contributed by atoms with Crippen LogP contribution in [-0.4, -0.2) is 34.7 Å². The second kappa shape index (κ2) is 4.66. The molecule has 0 bridgehead atoms. The van der Waals surface area contributed by atoms with E-state index in [2.05, 4.69) is 9.88 Å². The highest BCUT2D eigenvalue weighted by Crippen LogP contribution is 2.22. The fourth-order valence-electron chi connectivity index (χ4n) is 1.72. The highest BCUT2D eigenvalue weighted by Gasteiger charge is 2.26. The van der Waals surface area contributed by atoms with Gasteiger partial charge in [0.05, 0.1) is 0 Å². The Bertz CT molecular complexity index is 353. The lowest BCUT2D eigenvalue weighted by Gasteiger charge is -2.38. The fraction of sp³-hybridized carbons (Fsp3) is 0.500. The van der Waals surface area contributed by atoms with E-state index < -0.39 is 0 Å². The van der Waals surface area contributed by atoms with Gasteiger partial charge in [-0.05, 0) is 6.07 Å². The topological polar surface area (TPSA) is 36.4 Å². The van der Waals surface area contributed by atoms with E-state index in [-0.39, 0.29) is 6.61 Å². The molecule has 2 rings (SSSR count). The Labute approximate surface area is 98.6 Å². The molecule has 1 aliphatic heterocycles. The molecule has 15 heavy (non-hydrogen) atoms. The number of halogens is 2. The van der Waals surface area contributed by atoms with E-state index in [1.807, 2.05) is 6.07 Å². The standard InChI is InChI=1S/C10H12Cl2N2O/c11-9-2-1-8(10(12)13-9)5-14-3-7(4-14)6-15/h1-2,7,15H,3-6H2. The number of aliphatic hydroxyl groups excluding tert-OH is 1. The van der Waals surface area contributed by atoms with Crippen LogP contribution in [-0.2, 0) is 6.54 Å². The van der Waals surface area contributed by atoms with Crippen molar-refractivity contribution in [3.05, 3.63) is 28.0 Å². The van der Waals surface area contributed by atoms with E-state index in [4.69, 9.17) is 28.3 Å². The summed E-state index contributed by atoms with van der Waals surface area (Å²) in [4.78, 5) is 6.20. The molecule has 1 aromatic heterocycles. The Kier molecular flexibility index (Phi) is 3.46. The third-order valence-corrected chi connectivity index (χ3v) is 3.11. The number of hydrogen-bond donors (Lipinski definition) is 1. The summed E-state index contributed by atoms with van der Waals surface area (Å²) in [7, 11) is 0. The monoisotopic (exact) mass is 246 g/mol. The average Bonchev–Trinajstić information content (AvgIpc) is 2.13. The van der Waals surface area contributed by atoms with Crippen molar-refractivity contribution < 1.29 is 5.11 Å². The Balaban J connectivity index is 1.94. The molecule has 0 atom stereocenters. The molecule has 3 nitrogen and oxygen atoms in total. The van der Waals surface area contributed by atoms with Gasteiger partial charge in [0.25, 0.3) is 0 Å². The SMILES string of the molecule is OCC1CN(Cc2ccc(Cl)nc2Cl)C1. The molecule has 0 aliphatic carbocycles. The van der Waals surface area contributed by atoms with Gasteiger partial charge in [-0.1, -0.05) is 29.3 Å². The van der Waals surface area contributed by atoms with E-state index in [0.29, 0.717) is 16.2 Å². The van der Waals surface area contributed by atoms with Crippen molar-refractivity contribution in [2.24, 2.45) is 5.92 Å². The summed E-state index contributed by atoms with van der Waals surface area (Å²) in [6, 6.07) is 3.63. The van der Waals surface area contributed by atoms with Gasteiger partial charge in [-0.2, -0.15) is 0 Å². The van der Waals surface area contributed by atoms with Crippen molar-refractivity contribution in [3.63, 3.8) is 0 Å². The molecule has 0 spiro atoms. The van der Waals surface area contributed by atoms with Gasteiger partial charge in [-0.15, -0.1) is 0 Å². The van der Waals surface area contributed by atoms with Crippen molar-refractivity contribution in [3.8, 4) is 0 Å². The summed E-state index contributed by atoms with van der Waals surface area (Å²) in [6.45, 7) is 2.90. The Morgan fingerprint density at radius 3 is 2.73 bits per heavy atom. The molecular weight excluding hydrogens is 235 g/mol. The quantitative estimate of drug-likeness (QED) is 0.827. The predicted molar refractivity (Wildman–Crippen MR) is 60.1 cm³/mol. The van der Waals surface area contributed by atoms with Crippen molar-refractivity contribution in [1.82, 2.24) is 9.88 Å². The minimum absolute atomic E-state index is 0.267. The molecule has 0 saturated carbocycles. The minimum atomic E-state index is 0.267. The molecule has 82 valence electrons. The van der Waals surface area contributed by atoms with Crippen molar-refractivity contribution >= 4 is 23.2 Å². The van der Waals surface area contributed by atoms with Crippen LogP contribution in [0.5, 0.6) is 0 Å². The lowest BCUT2D eigenvalue weighted by molar-refractivity contribution is 0.0479. The molecule has 0 radical (unpaired) electrons. The summed E-state index contributed by atoms with van der Waals surface area (Å²) in [5.41, 5.74) is 0.984. The van der Waals surface area contributed by atoms with Crippen LogP contribution in [0, 0.1) is 5.92 Å². The number of aromatic nitrogens is 1. The summed E-state index contributed by atoms with van der Waals surface area (Å²) in [5, 5.41) is 9.76. The van der Waals surface area contributed by atoms with Crippen LogP contribution in [0.1, 0.15) is 5.56 Å². The van der Waals surface area contributed by atoms with Crippen LogP contribution in [0.4, 0.5) is 0 Å². The lowest BCUT2D eigenvalue weighted by atomic mass is 10.0. The highest BCUT2D eigenvalue weighted by atomic mass is 35.5. The first-order valence-corrected chi connectivity index (χ1v) is 5.58. The van der Waals surface area contributed by atoms with E-state index in [9.17, 15) is 0 Å². The maximum absolute atomic E-state index is 8.88. The number of aliphatic hydroxyl groups is 1. The van der Waals surface area contributed by atoms with Crippen LogP contribution in [0.2, 0.25) is 10.3 Å². The van der Waals surface area contributed by atoms with E-state index in [1.54, 1.807) is 6.07 Å². The molecule has 0 amide bonds. The zero-order valence-corrected chi connectivity index (χ0v) is 9.67. The third-order valence-electron chi connectivity index (χ3n) is 2.58. The van der Waals surface area contributed by atoms with Crippen molar-refractivity contribution in [2.75, 3.05) is 19.7 Å². The number of rotatable bonds is 3. The molecular formula is C10H12Cl2N2O. The lowest BCUT2D eigenvalue weighted by Crippen LogP contribution is -2.47. The van der Waals surface area contributed by atoms with Gasteiger partial charge in [0.1, 0.15) is 10.3 Å². The number of hydrogen-bond acceptors (Lipinski definition) is 3. The molecule has 1 fully saturated rings. The molecule has 5 heteroatoms. The average molecular weight is 247 g/mol. The molecule has 0 unspecified atom stereocenters. The molecule has 2 heterocycles. The second-order valence-electron chi connectivity index (χ2n) is 3.83. The zero-order chi connectivity index (χ0) is 10.8. The van der Waals surface area contributed by atoms with Gasteiger partial charge in [-0.3, -0.25) is 4.90 Å². The zero-order valence-electron chi connectivity index (χ0n) is 8.16. The normalized spacial score (nSPS) is 17.8. The van der Waals surface area contributed by atoms with Crippen molar-refractivity contribution in [2.45, 2.75) is 6.54 Å². The van der Waals surface area contributed by atoms with Gasteiger partial charge in [0, 0.05) is 37.7 Å². The summed E-state index contributed by atoms with van der Waals surface area (Å²) in [6.07, 6.45) is 0. The van der Waals surface area contributed by atoms with E-state index in [1.165, 1.54) is 0 Å². The maximum atomic E-state index is 8.88. The van der Waals surface area contributed by atoms with Gasteiger partial charge in [-0.25, -0.2) is 4.98 Å². The Hall–Kier alpha value is -0.350. The van der Waals surface area contributed by atoms with Gasteiger partial charge < -0.3 is 5.11 Å². The van der Waals surface area contributed by atoms with Crippen LogP contribution < -0.4 is 0 Å². The molecule has 0 aromatic carbocycles. The first kappa shape index (κ1) is 11.1. The maximum Gasteiger partial charge on any atom is 0.135 e. The Morgan fingerprint density at radius 1 is 1.40 bits per heavy atom. The Morgan fingerprint density at radius 2 is 2.13 bits per heavy atom. The van der Waals surface area contributed by atoms with Crippen molar-refractivity contribution in [1.29, 1.82) is 0 Å². The van der Waals surface area contributed by atoms with Crippen LogP contribution in [0.3, 0.4) is 0 Å². The van der Waals surface area contributed by atoms with E-state index >= 15 is 0 Å². The van der Waals surface area contributed by atoms with Crippen LogP contribution >= 0.6 is 23.2 Å². The number of pyridine rings is 1. The number of likely N-dealkylation sites (tertiary alicyclic amines) is 1. The van der Waals surface area contributed by atoms with E-state index in [0.717, 1.165) is 25.2 Å². The van der Waals surface area contributed by atoms with Gasteiger partial charge >= 0.3 is 0 Å². The first-order chi connectivity index (χ1) is 7.19. The summed E-state index contributed by atoms with van der Waals surface area (Å²) in [5.74, 6) is 0.420. The van der Waals surface area contributed by atoms with Gasteiger partial charge in [0.2, 0.25) is 0 Å². The largest absolute Gasteiger partial charge is 0.396 e. The van der Waals surface area contributed by atoms with Crippen LogP contribution in [0.15, 0.2) is 12.1 Å². The highest BCUT2D eigenvalue weighted by molar-refractivity contribution is 6.32. The number of nitrogens with zero attached hydrogens (tertiary/aromatic N) is 2. The molecule has 1 aliphatic rings. The molecule has 1 saturated heterocycles. The summed E-state index contributed by atoms with van der Waals surface area (Å²) < 4.78 is 0. The molecule has 1 N–H and O–H groups in total. The summed E-state index contributed by atoms with van der Waals surface area (Å²) >= 11 is 11.7. The molecule has 1 aromatic rings. The van der Waals surface area contributed by atoms with Gasteiger partial charge in [0.15, 0.2) is 0 Å². The second-order valence-corrected chi connectivity index (χ2v) is 4.57. The van der Waals surface area contributed by atoms with Crippen LogP contribution in [0.25, 0.3) is 0 Å². The fourth-order valence-corrected chi connectivity index (χ4v) is 2.13.